The molecule has 0 saturated carbocycles. The van der Waals surface area contributed by atoms with Gasteiger partial charge in [0.25, 0.3) is 5.91 Å². The fourth-order valence-corrected chi connectivity index (χ4v) is 2.34. The van der Waals surface area contributed by atoms with Crippen molar-refractivity contribution < 1.29 is 14.3 Å². The maximum Gasteiger partial charge on any atom is 0.257 e. The molecule has 1 aromatic carbocycles. The Labute approximate surface area is 149 Å². The second kappa shape index (κ2) is 7.47. The number of methoxy groups -OCH3 is 1. The highest BCUT2D eigenvalue weighted by Gasteiger charge is 2.10. The van der Waals surface area contributed by atoms with Gasteiger partial charge in [-0.1, -0.05) is 0 Å². The monoisotopic (exact) mass is 351 g/mol. The number of aromatic nitrogens is 3. The summed E-state index contributed by atoms with van der Waals surface area (Å²) in [6.45, 7) is 1.40. The molecule has 0 bridgehead atoms. The van der Waals surface area contributed by atoms with Gasteiger partial charge < -0.3 is 15.4 Å². The minimum atomic E-state index is -0.311. The van der Waals surface area contributed by atoms with E-state index in [1.165, 1.54) is 20.2 Å². The van der Waals surface area contributed by atoms with Gasteiger partial charge in [-0.15, -0.1) is 0 Å². The number of carbonyl (C=O) groups excluding carboxylic acids is 2. The lowest BCUT2D eigenvalue weighted by Gasteiger charge is -2.12. The van der Waals surface area contributed by atoms with E-state index in [-0.39, 0.29) is 11.8 Å². The van der Waals surface area contributed by atoms with Gasteiger partial charge in [0, 0.05) is 31.2 Å². The summed E-state index contributed by atoms with van der Waals surface area (Å²) in [6.07, 6.45) is 6.54. The van der Waals surface area contributed by atoms with E-state index < -0.39 is 0 Å². The zero-order valence-corrected chi connectivity index (χ0v) is 14.3. The molecule has 0 atom stereocenters. The lowest BCUT2D eigenvalue weighted by molar-refractivity contribution is -0.114. The van der Waals surface area contributed by atoms with Crippen LogP contribution >= 0.6 is 0 Å². The summed E-state index contributed by atoms with van der Waals surface area (Å²) in [5, 5.41) is 5.44. The number of imidazole rings is 1. The van der Waals surface area contributed by atoms with E-state index in [4.69, 9.17) is 4.74 Å². The predicted molar refractivity (Wildman–Crippen MR) is 96.6 cm³/mol. The van der Waals surface area contributed by atoms with Crippen LogP contribution in [0.2, 0.25) is 0 Å². The normalized spacial score (nSPS) is 10.2. The van der Waals surface area contributed by atoms with Crippen molar-refractivity contribution in [3.63, 3.8) is 0 Å². The van der Waals surface area contributed by atoms with Crippen molar-refractivity contribution >= 4 is 23.2 Å². The molecule has 2 N–H and O–H groups in total. The highest BCUT2D eigenvalue weighted by Crippen LogP contribution is 2.28. The summed E-state index contributed by atoms with van der Waals surface area (Å²) < 4.78 is 6.94. The topological polar surface area (TPSA) is 98.1 Å². The van der Waals surface area contributed by atoms with E-state index in [9.17, 15) is 9.59 Å². The summed E-state index contributed by atoms with van der Waals surface area (Å²) in [5.41, 5.74) is 1.41. The lowest BCUT2D eigenvalue weighted by Crippen LogP contribution is -2.13. The Morgan fingerprint density at radius 3 is 2.62 bits per heavy atom. The Bertz CT molecular complexity index is 921. The van der Waals surface area contributed by atoms with E-state index >= 15 is 0 Å². The Kier molecular flexibility index (Phi) is 4.93. The van der Waals surface area contributed by atoms with Crippen molar-refractivity contribution in [2.45, 2.75) is 6.92 Å². The van der Waals surface area contributed by atoms with Gasteiger partial charge in [-0.05, 0) is 30.3 Å². The third-order valence-corrected chi connectivity index (χ3v) is 3.55. The smallest absolute Gasteiger partial charge is 0.257 e. The van der Waals surface area contributed by atoms with Crippen molar-refractivity contribution in [1.29, 1.82) is 0 Å². The van der Waals surface area contributed by atoms with Crippen LogP contribution in [0, 0.1) is 0 Å². The number of carbonyl (C=O) groups is 2. The molecule has 2 amide bonds. The van der Waals surface area contributed by atoms with Gasteiger partial charge >= 0.3 is 0 Å². The van der Waals surface area contributed by atoms with Crippen molar-refractivity contribution in [2.75, 3.05) is 17.7 Å². The third-order valence-electron chi connectivity index (χ3n) is 3.55. The molecule has 8 nitrogen and oxygen atoms in total. The van der Waals surface area contributed by atoms with Crippen molar-refractivity contribution in [3.8, 4) is 11.6 Å². The molecule has 2 aromatic heterocycles. The standard InChI is InChI=1S/C18H17N5O3/c1-12(24)21-15-9-14(4-5-16(15)26-2)22-18(25)13-3-6-17(20-10-13)23-8-7-19-11-23/h3-11H,1-2H3,(H,21,24)(H,22,25). The molecular formula is C18H17N5O3. The van der Waals surface area contributed by atoms with Crippen LogP contribution in [0.3, 0.4) is 0 Å². The molecule has 3 aromatic rings. The average molecular weight is 351 g/mol. The van der Waals surface area contributed by atoms with Gasteiger partial charge in [0.15, 0.2) is 0 Å². The lowest BCUT2D eigenvalue weighted by atomic mass is 10.2. The quantitative estimate of drug-likeness (QED) is 0.736. The summed E-state index contributed by atoms with van der Waals surface area (Å²) >= 11 is 0. The first kappa shape index (κ1) is 17.2. The largest absolute Gasteiger partial charge is 0.495 e. The number of nitrogens with zero attached hydrogens (tertiary/aromatic N) is 3. The zero-order valence-electron chi connectivity index (χ0n) is 14.3. The molecule has 132 valence electrons. The predicted octanol–water partition coefficient (Wildman–Crippen LogP) is 2.49. The number of amides is 2. The van der Waals surface area contributed by atoms with Crippen molar-refractivity contribution in [3.05, 3.63) is 60.8 Å². The van der Waals surface area contributed by atoms with Gasteiger partial charge in [0.2, 0.25) is 5.91 Å². The Morgan fingerprint density at radius 2 is 2.00 bits per heavy atom. The van der Waals surface area contributed by atoms with Gasteiger partial charge in [-0.2, -0.15) is 0 Å². The SMILES string of the molecule is COc1ccc(NC(=O)c2ccc(-n3ccnc3)nc2)cc1NC(C)=O. The number of hydrogen-bond donors (Lipinski definition) is 2. The van der Waals surface area contributed by atoms with Crippen molar-refractivity contribution in [1.82, 2.24) is 14.5 Å². The maximum absolute atomic E-state index is 12.4. The first-order valence-electron chi connectivity index (χ1n) is 7.78. The number of hydrogen-bond acceptors (Lipinski definition) is 5. The van der Waals surface area contributed by atoms with Gasteiger partial charge in [0.05, 0.1) is 18.4 Å². The highest BCUT2D eigenvalue weighted by molar-refractivity contribution is 6.04. The minimum Gasteiger partial charge on any atom is -0.495 e. The molecule has 0 aliphatic rings. The molecular weight excluding hydrogens is 334 g/mol. The van der Waals surface area contributed by atoms with Crippen LogP contribution in [0.5, 0.6) is 5.75 Å². The van der Waals surface area contributed by atoms with Crippen LogP contribution in [-0.4, -0.2) is 33.5 Å². The Morgan fingerprint density at radius 1 is 1.15 bits per heavy atom. The van der Waals surface area contributed by atoms with Crippen molar-refractivity contribution in [2.24, 2.45) is 0 Å². The van der Waals surface area contributed by atoms with Gasteiger partial charge in [0.1, 0.15) is 17.9 Å². The maximum atomic E-state index is 12.4. The molecule has 0 fully saturated rings. The summed E-state index contributed by atoms with van der Waals surface area (Å²) in [5.74, 6) is 0.626. The number of rotatable bonds is 5. The Hall–Kier alpha value is -3.68. The second-order valence-electron chi connectivity index (χ2n) is 5.43. The molecule has 2 heterocycles. The van der Waals surface area contributed by atoms with Crippen LogP contribution in [0.15, 0.2) is 55.2 Å². The zero-order chi connectivity index (χ0) is 18.5. The summed E-state index contributed by atoms with van der Waals surface area (Å²) in [7, 11) is 1.51. The molecule has 0 saturated heterocycles. The Balaban J connectivity index is 1.76. The van der Waals surface area contributed by atoms with E-state index in [2.05, 4.69) is 20.6 Å². The molecule has 0 unspecified atom stereocenters. The number of nitrogens with one attached hydrogen (secondary N) is 2. The van der Waals surface area contributed by atoms with E-state index in [1.807, 2.05) is 0 Å². The van der Waals surface area contributed by atoms with Crippen LogP contribution in [0.25, 0.3) is 5.82 Å². The first-order chi connectivity index (χ1) is 12.6. The van der Waals surface area contributed by atoms with Gasteiger partial charge in [-0.3, -0.25) is 14.2 Å². The minimum absolute atomic E-state index is 0.230. The van der Waals surface area contributed by atoms with Crippen LogP contribution < -0.4 is 15.4 Å². The van der Waals surface area contributed by atoms with Gasteiger partial charge in [-0.25, -0.2) is 9.97 Å². The van der Waals surface area contributed by atoms with Crippen LogP contribution in [0.4, 0.5) is 11.4 Å². The van der Waals surface area contributed by atoms with E-state index in [1.54, 1.807) is 53.6 Å². The fourth-order valence-electron chi connectivity index (χ4n) is 2.34. The second-order valence-corrected chi connectivity index (χ2v) is 5.43. The number of anilines is 2. The summed E-state index contributed by atoms with van der Waals surface area (Å²) in [6, 6.07) is 8.39. The van der Waals surface area contributed by atoms with Crippen LogP contribution in [-0.2, 0) is 4.79 Å². The van der Waals surface area contributed by atoms with E-state index in [0.29, 0.717) is 28.5 Å². The average Bonchev–Trinajstić information content (AvgIpc) is 3.16. The number of pyridine rings is 1. The molecule has 0 radical (unpaired) electrons. The summed E-state index contributed by atoms with van der Waals surface area (Å²) in [4.78, 5) is 31.9. The molecule has 8 heteroatoms. The highest BCUT2D eigenvalue weighted by atomic mass is 16.5. The molecule has 26 heavy (non-hydrogen) atoms. The molecule has 3 rings (SSSR count). The molecule has 0 spiro atoms. The molecule has 0 aliphatic heterocycles. The number of ether oxygens (including phenoxy) is 1. The van der Waals surface area contributed by atoms with Crippen LogP contribution in [0.1, 0.15) is 17.3 Å². The van der Waals surface area contributed by atoms with E-state index in [0.717, 1.165) is 0 Å². The first-order valence-corrected chi connectivity index (χ1v) is 7.78. The fraction of sp³-hybridized carbons (Fsp3) is 0.111. The number of benzene rings is 1. The molecule has 0 aliphatic carbocycles. The third kappa shape index (κ3) is 3.86.